The van der Waals surface area contributed by atoms with Gasteiger partial charge in [0.2, 0.25) is 0 Å². The monoisotopic (exact) mass is 281 g/mol. The molecule has 0 aliphatic carbocycles. The topological polar surface area (TPSA) is 71.5 Å². The number of nitrogens with two attached hydrogens (primary N) is 1. The van der Waals surface area contributed by atoms with Crippen molar-refractivity contribution in [1.82, 2.24) is 4.98 Å². The van der Waals surface area contributed by atoms with Crippen LogP contribution in [-0.4, -0.2) is 16.0 Å². The minimum atomic E-state index is -0.646. The standard InChI is InChI=1S/C12H9F2N3OS/c13-8-2-3-10(9(14)5-8)19-11-4-1-7(6-16-11)12(15)17-18/h1-6,18H,(H2,15,17). The second-order valence-electron chi connectivity index (χ2n) is 3.55. The first-order chi connectivity index (χ1) is 9.10. The molecule has 0 radical (unpaired) electrons. The molecule has 1 aromatic carbocycles. The van der Waals surface area contributed by atoms with Crippen LogP contribution in [-0.2, 0) is 0 Å². The molecule has 1 heterocycles. The predicted molar refractivity (Wildman–Crippen MR) is 67.2 cm³/mol. The first kappa shape index (κ1) is 13.3. The molecule has 7 heteroatoms. The molecule has 0 atom stereocenters. The number of amidine groups is 1. The molecule has 19 heavy (non-hydrogen) atoms. The van der Waals surface area contributed by atoms with Gasteiger partial charge in [0.05, 0.1) is 0 Å². The van der Waals surface area contributed by atoms with Crippen molar-refractivity contribution >= 4 is 17.6 Å². The summed E-state index contributed by atoms with van der Waals surface area (Å²) in [4.78, 5) is 4.31. The fourth-order valence-corrected chi connectivity index (χ4v) is 2.08. The highest BCUT2D eigenvalue weighted by molar-refractivity contribution is 7.99. The van der Waals surface area contributed by atoms with Crippen molar-refractivity contribution in [3.8, 4) is 0 Å². The smallest absolute Gasteiger partial charge is 0.171 e. The highest BCUT2D eigenvalue weighted by Crippen LogP contribution is 2.28. The second-order valence-corrected chi connectivity index (χ2v) is 4.61. The molecule has 2 aromatic rings. The van der Waals surface area contributed by atoms with E-state index in [-0.39, 0.29) is 10.7 Å². The van der Waals surface area contributed by atoms with Gasteiger partial charge in [0.15, 0.2) is 5.84 Å². The van der Waals surface area contributed by atoms with Gasteiger partial charge in [-0.05, 0) is 24.3 Å². The molecule has 4 nitrogen and oxygen atoms in total. The highest BCUT2D eigenvalue weighted by atomic mass is 32.2. The molecule has 0 fully saturated rings. The summed E-state index contributed by atoms with van der Waals surface area (Å²) in [6.07, 6.45) is 1.40. The van der Waals surface area contributed by atoms with Crippen LogP contribution in [0.2, 0.25) is 0 Å². The second kappa shape index (κ2) is 5.66. The van der Waals surface area contributed by atoms with Gasteiger partial charge in [-0.15, -0.1) is 0 Å². The van der Waals surface area contributed by atoms with Gasteiger partial charge in [-0.25, -0.2) is 13.8 Å². The molecule has 0 aliphatic heterocycles. The van der Waals surface area contributed by atoms with Gasteiger partial charge in [-0.2, -0.15) is 0 Å². The molecule has 0 saturated heterocycles. The number of pyridine rings is 1. The minimum absolute atomic E-state index is 0.0583. The Morgan fingerprint density at radius 3 is 2.63 bits per heavy atom. The van der Waals surface area contributed by atoms with Gasteiger partial charge in [0.1, 0.15) is 16.7 Å². The molecule has 2 rings (SSSR count). The molecule has 0 saturated carbocycles. The Kier molecular flexibility index (Phi) is 3.96. The molecule has 98 valence electrons. The lowest BCUT2D eigenvalue weighted by atomic mass is 10.3. The molecule has 1 aromatic heterocycles. The summed E-state index contributed by atoms with van der Waals surface area (Å²) >= 11 is 1.05. The summed E-state index contributed by atoms with van der Waals surface area (Å²) in [5.74, 6) is -1.33. The Labute approximate surface area is 112 Å². The Bertz CT molecular complexity index is 617. The van der Waals surface area contributed by atoms with Crippen molar-refractivity contribution in [1.29, 1.82) is 0 Å². The lowest BCUT2D eigenvalue weighted by Crippen LogP contribution is -2.13. The van der Waals surface area contributed by atoms with E-state index in [1.54, 1.807) is 12.1 Å². The molecule has 0 bridgehead atoms. The van der Waals surface area contributed by atoms with Crippen molar-refractivity contribution in [2.75, 3.05) is 0 Å². The number of hydrogen-bond donors (Lipinski definition) is 2. The number of rotatable bonds is 3. The maximum atomic E-state index is 13.4. The molecule has 3 N–H and O–H groups in total. The number of hydrogen-bond acceptors (Lipinski definition) is 4. The average Bonchev–Trinajstić information content (AvgIpc) is 2.42. The number of halogens is 2. The number of nitrogens with zero attached hydrogens (tertiary/aromatic N) is 2. The average molecular weight is 281 g/mol. The van der Waals surface area contributed by atoms with Gasteiger partial charge >= 0.3 is 0 Å². The zero-order valence-electron chi connectivity index (χ0n) is 9.55. The lowest BCUT2D eigenvalue weighted by molar-refractivity contribution is 0.318. The summed E-state index contributed by atoms with van der Waals surface area (Å²) in [7, 11) is 0. The van der Waals surface area contributed by atoms with Crippen molar-refractivity contribution < 1.29 is 14.0 Å². The van der Waals surface area contributed by atoms with Crippen molar-refractivity contribution in [3.63, 3.8) is 0 Å². The van der Waals surface area contributed by atoms with Crippen LogP contribution in [0.5, 0.6) is 0 Å². The van der Waals surface area contributed by atoms with Gasteiger partial charge in [-0.3, -0.25) is 0 Å². The van der Waals surface area contributed by atoms with Crippen LogP contribution in [0.3, 0.4) is 0 Å². The third-order valence-corrected chi connectivity index (χ3v) is 3.25. The maximum Gasteiger partial charge on any atom is 0.171 e. The summed E-state index contributed by atoms with van der Waals surface area (Å²) in [5, 5.41) is 11.9. The van der Waals surface area contributed by atoms with Crippen molar-refractivity contribution in [2.24, 2.45) is 10.9 Å². The Balaban J connectivity index is 2.20. The highest BCUT2D eigenvalue weighted by Gasteiger charge is 2.07. The number of benzene rings is 1. The van der Waals surface area contributed by atoms with Gasteiger partial charge in [0, 0.05) is 22.7 Å². The van der Waals surface area contributed by atoms with Crippen LogP contribution in [0.15, 0.2) is 51.6 Å². The minimum Gasteiger partial charge on any atom is -0.409 e. The lowest BCUT2D eigenvalue weighted by Gasteiger charge is -2.03. The first-order valence-electron chi connectivity index (χ1n) is 5.17. The van der Waals surface area contributed by atoms with Crippen molar-refractivity contribution in [2.45, 2.75) is 9.92 Å². The van der Waals surface area contributed by atoms with E-state index in [1.165, 1.54) is 18.3 Å². The predicted octanol–water partition coefficient (Wildman–Crippen LogP) is 2.61. The Morgan fingerprint density at radius 1 is 1.26 bits per heavy atom. The molecule has 0 amide bonds. The third-order valence-electron chi connectivity index (χ3n) is 2.25. The van der Waals surface area contributed by atoms with E-state index in [2.05, 4.69) is 10.1 Å². The van der Waals surface area contributed by atoms with Gasteiger partial charge in [-0.1, -0.05) is 16.9 Å². The largest absolute Gasteiger partial charge is 0.409 e. The normalized spacial score (nSPS) is 11.6. The number of aromatic nitrogens is 1. The van der Waals surface area contributed by atoms with Crippen LogP contribution < -0.4 is 5.73 Å². The van der Waals surface area contributed by atoms with Crippen LogP contribution in [0.4, 0.5) is 8.78 Å². The van der Waals surface area contributed by atoms with Crippen LogP contribution in [0.1, 0.15) is 5.56 Å². The van der Waals surface area contributed by atoms with Crippen LogP contribution in [0.25, 0.3) is 0 Å². The quantitative estimate of drug-likeness (QED) is 0.392. The SMILES string of the molecule is N/C(=N\O)c1ccc(Sc2ccc(F)cc2F)nc1. The zero-order chi connectivity index (χ0) is 13.8. The van der Waals surface area contributed by atoms with Crippen LogP contribution >= 0.6 is 11.8 Å². The molecule has 0 spiro atoms. The van der Waals surface area contributed by atoms with E-state index in [4.69, 9.17) is 10.9 Å². The summed E-state index contributed by atoms with van der Waals surface area (Å²) in [5.41, 5.74) is 5.84. The fraction of sp³-hybridized carbons (Fsp3) is 0. The van der Waals surface area contributed by atoms with Crippen molar-refractivity contribution in [3.05, 3.63) is 53.7 Å². The summed E-state index contributed by atoms with van der Waals surface area (Å²) in [6, 6.07) is 6.52. The third kappa shape index (κ3) is 3.19. The van der Waals surface area contributed by atoms with E-state index in [9.17, 15) is 8.78 Å². The van der Waals surface area contributed by atoms with Gasteiger partial charge in [0.25, 0.3) is 0 Å². The van der Waals surface area contributed by atoms with Gasteiger partial charge < -0.3 is 10.9 Å². The fourth-order valence-electron chi connectivity index (χ4n) is 1.32. The van der Waals surface area contributed by atoms with E-state index in [1.807, 2.05) is 0 Å². The Hall–Kier alpha value is -2.15. The van der Waals surface area contributed by atoms with E-state index >= 15 is 0 Å². The van der Waals surface area contributed by atoms with E-state index in [0.29, 0.717) is 10.6 Å². The summed E-state index contributed by atoms with van der Waals surface area (Å²) in [6.45, 7) is 0. The van der Waals surface area contributed by atoms with E-state index in [0.717, 1.165) is 17.8 Å². The number of oxime groups is 1. The molecular weight excluding hydrogens is 272 g/mol. The maximum absolute atomic E-state index is 13.4. The van der Waals surface area contributed by atoms with E-state index < -0.39 is 11.6 Å². The van der Waals surface area contributed by atoms with Crippen LogP contribution in [0, 0.1) is 11.6 Å². The molecular formula is C12H9F2N3OS. The first-order valence-corrected chi connectivity index (χ1v) is 5.98. The Morgan fingerprint density at radius 2 is 2.05 bits per heavy atom. The molecule has 0 aliphatic rings. The molecule has 0 unspecified atom stereocenters. The zero-order valence-corrected chi connectivity index (χ0v) is 10.4. The summed E-state index contributed by atoms with van der Waals surface area (Å²) < 4.78 is 26.2.